The zero-order valence-corrected chi connectivity index (χ0v) is 10.6. The second-order valence-electron chi connectivity index (χ2n) is 4.33. The smallest absolute Gasteiger partial charge is 0.262 e. The molecule has 0 fully saturated rings. The second kappa shape index (κ2) is 4.61. The number of benzene rings is 1. The van der Waals surface area contributed by atoms with Crippen molar-refractivity contribution in [2.75, 3.05) is 0 Å². The number of rotatable bonds is 2. The number of H-pyrrole nitrogens is 2. The lowest BCUT2D eigenvalue weighted by atomic mass is 10.1. The van der Waals surface area contributed by atoms with Crippen LogP contribution >= 0.6 is 0 Å². The van der Waals surface area contributed by atoms with Gasteiger partial charge in [0.25, 0.3) is 5.56 Å². The molecule has 0 aliphatic carbocycles. The first-order valence-electron chi connectivity index (χ1n) is 5.91. The Morgan fingerprint density at radius 3 is 2.55 bits per heavy atom. The fourth-order valence-electron chi connectivity index (χ4n) is 1.88. The molecular weight excluding hydrogens is 258 g/mol. The lowest BCUT2D eigenvalue weighted by molar-refractivity contribution is 0.454. The van der Waals surface area contributed by atoms with Crippen molar-refractivity contribution in [3.05, 3.63) is 46.4 Å². The van der Waals surface area contributed by atoms with Crippen LogP contribution in [0.5, 0.6) is 5.88 Å². The summed E-state index contributed by atoms with van der Waals surface area (Å²) in [6.07, 6.45) is 1.41. The second-order valence-corrected chi connectivity index (χ2v) is 4.33. The maximum absolute atomic E-state index is 12.1. The van der Waals surface area contributed by atoms with Gasteiger partial charge in [0.15, 0.2) is 5.82 Å². The van der Waals surface area contributed by atoms with Crippen LogP contribution in [0.15, 0.2) is 35.3 Å². The standard InChI is InChI=1S/C13H11N5O2/c1-7-2-4-8(5-3-7)10-12(19)15-11(16-13(10)20)9-6-14-18-17-9/h2-6H,1H3,(H,14,17,18)(H2,15,16,19,20). The van der Waals surface area contributed by atoms with Crippen LogP contribution in [0.1, 0.15) is 5.56 Å². The average Bonchev–Trinajstić information content (AvgIpc) is 2.94. The summed E-state index contributed by atoms with van der Waals surface area (Å²) in [5.41, 5.74) is 1.73. The van der Waals surface area contributed by atoms with Gasteiger partial charge in [0.2, 0.25) is 5.88 Å². The molecule has 20 heavy (non-hydrogen) atoms. The van der Waals surface area contributed by atoms with Gasteiger partial charge in [-0.2, -0.15) is 20.4 Å². The highest BCUT2D eigenvalue weighted by Crippen LogP contribution is 2.25. The third kappa shape index (κ3) is 2.05. The average molecular weight is 269 g/mol. The van der Waals surface area contributed by atoms with E-state index in [4.69, 9.17) is 0 Å². The monoisotopic (exact) mass is 269 g/mol. The first-order valence-corrected chi connectivity index (χ1v) is 5.91. The van der Waals surface area contributed by atoms with E-state index in [0.717, 1.165) is 5.56 Å². The summed E-state index contributed by atoms with van der Waals surface area (Å²) in [5.74, 6) is -0.173. The number of aromatic hydroxyl groups is 1. The van der Waals surface area contributed by atoms with Gasteiger partial charge in [0, 0.05) is 0 Å². The summed E-state index contributed by atoms with van der Waals surface area (Å²) < 4.78 is 0. The summed E-state index contributed by atoms with van der Waals surface area (Å²) in [4.78, 5) is 18.7. The normalized spacial score (nSPS) is 10.7. The number of hydrogen-bond donors (Lipinski definition) is 3. The van der Waals surface area contributed by atoms with Crippen LogP contribution in [0.25, 0.3) is 22.6 Å². The Balaban J connectivity index is 2.14. The fraction of sp³-hybridized carbons (Fsp3) is 0.0769. The number of hydrogen-bond acceptors (Lipinski definition) is 5. The van der Waals surface area contributed by atoms with Gasteiger partial charge in [-0.1, -0.05) is 29.8 Å². The van der Waals surface area contributed by atoms with Crippen molar-refractivity contribution < 1.29 is 5.11 Å². The highest BCUT2D eigenvalue weighted by atomic mass is 16.3. The van der Waals surface area contributed by atoms with Crippen molar-refractivity contribution in [3.8, 4) is 28.5 Å². The Hall–Kier alpha value is -2.96. The van der Waals surface area contributed by atoms with Crippen LogP contribution in [-0.4, -0.2) is 30.5 Å². The Kier molecular flexibility index (Phi) is 2.79. The van der Waals surface area contributed by atoms with E-state index in [2.05, 4.69) is 25.4 Å². The van der Waals surface area contributed by atoms with Crippen molar-refractivity contribution in [3.63, 3.8) is 0 Å². The Morgan fingerprint density at radius 1 is 1.20 bits per heavy atom. The number of nitrogens with one attached hydrogen (secondary N) is 2. The van der Waals surface area contributed by atoms with Crippen LogP contribution in [-0.2, 0) is 0 Å². The van der Waals surface area contributed by atoms with Gasteiger partial charge >= 0.3 is 0 Å². The van der Waals surface area contributed by atoms with Crippen molar-refractivity contribution in [2.45, 2.75) is 6.92 Å². The number of aromatic amines is 2. The molecule has 0 radical (unpaired) electrons. The van der Waals surface area contributed by atoms with E-state index in [-0.39, 0.29) is 17.3 Å². The number of aryl methyl sites for hydroxylation is 1. The highest BCUT2D eigenvalue weighted by molar-refractivity contribution is 5.68. The first kappa shape index (κ1) is 12.1. The maximum Gasteiger partial charge on any atom is 0.262 e. The summed E-state index contributed by atoms with van der Waals surface area (Å²) >= 11 is 0. The van der Waals surface area contributed by atoms with Crippen LogP contribution in [0.3, 0.4) is 0 Å². The quantitative estimate of drug-likeness (QED) is 0.648. The molecule has 7 nitrogen and oxygen atoms in total. The third-order valence-electron chi connectivity index (χ3n) is 2.90. The molecular formula is C13H11N5O2. The summed E-state index contributed by atoms with van der Waals surface area (Å²) in [6, 6.07) is 7.24. The largest absolute Gasteiger partial charge is 0.493 e. The van der Waals surface area contributed by atoms with E-state index in [9.17, 15) is 9.90 Å². The van der Waals surface area contributed by atoms with Gasteiger partial charge in [-0.25, -0.2) is 0 Å². The zero-order valence-electron chi connectivity index (χ0n) is 10.6. The van der Waals surface area contributed by atoms with Crippen LogP contribution in [0, 0.1) is 6.92 Å². The van der Waals surface area contributed by atoms with Crippen molar-refractivity contribution in [2.24, 2.45) is 0 Å². The van der Waals surface area contributed by atoms with E-state index >= 15 is 0 Å². The molecule has 2 heterocycles. The lowest BCUT2D eigenvalue weighted by Gasteiger charge is -2.05. The molecule has 0 aliphatic rings. The van der Waals surface area contributed by atoms with Gasteiger partial charge in [-0.15, -0.1) is 0 Å². The Bertz CT molecular complexity index is 791. The van der Waals surface area contributed by atoms with Gasteiger partial charge in [0.1, 0.15) is 11.3 Å². The Morgan fingerprint density at radius 2 is 1.95 bits per heavy atom. The van der Waals surface area contributed by atoms with Gasteiger partial charge < -0.3 is 10.1 Å². The molecule has 1 aromatic carbocycles. The first-order chi connectivity index (χ1) is 9.65. The van der Waals surface area contributed by atoms with Gasteiger partial charge in [-0.05, 0) is 12.5 Å². The highest BCUT2D eigenvalue weighted by Gasteiger charge is 2.14. The van der Waals surface area contributed by atoms with E-state index in [1.165, 1.54) is 6.20 Å². The minimum absolute atomic E-state index is 0.136. The molecule has 0 spiro atoms. The molecule has 0 saturated heterocycles. The SMILES string of the molecule is Cc1ccc(-c2c(O)nc(-c3cn[nH]n3)[nH]c2=O)cc1. The Labute approximate surface area is 113 Å². The van der Waals surface area contributed by atoms with Gasteiger partial charge in [0.05, 0.1) is 6.20 Å². The molecule has 0 bridgehead atoms. The predicted molar refractivity (Wildman–Crippen MR) is 72.1 cm³/mol. The molecule has 100 valence electrons. The summed E-state index contributed by atoms with van der Waals surface area (Å²) in [5, 5.41) is 19.9. The molecule has 0 saturated carbocycles. The predicted octanol–water partition coefficient (Wildman–Crippen LogP) is 1.24. The topological polar surface area (TPSA) is 108 Å². The summed E-state index contributed by atoms with van der Waals surface area (Å²) in [7, 11) is 0. The molecule has 2 aromatic heterocycles. The molecule has 3 rings (SSSR count). The fourth-order valence-corrected chi connectivity index (χ4v) is 1.88. The van der Waals surface area contributed by atoms with Crippen LogP contribution in [0.2, 0.25) is 0 Å². The molecule has 7 heteroatoms. The van der Waals surface area contributed by atoms with Crippen LogP contribution < -0.4 is 5.56 Å². The molecule has 0 atom stereocenters. The third-order valence-corrected chi connectivity index (χ3v) is 2.90. The molecule has 3 N–H and O–H groups in total. The molecule has 3 aromatic rings. The maximum atomic E-state index is 12.1. The minimum Gasteiger partial charge on any atom is -0.493 e. The van der Waals surface area contributed by atoms with E-state index in [1.807, 2.05) is 19.1 Å². The molecule has 0 amide bonds. The number of nitrogens with zero attached hydrogens (tertiary/aromatic N) is 3. The minimum atomic E-state index is -0.431. The van der Waals surface area contributed by atoms with Crippen LogP contribution in [0.4, 0.5) is 0 Å². The zero-order chi connectivity index (χ0) is 14.1. The van der Waals surface area contributed by atoms with E-state index in [0.29, 0.717) is 11.3 Å². The molecule has 0 unspecified atom stereocenters. The van der Waals surface area contributed by atoms with Gasteiger partial charge in [-0.3, -0.25) is 4.79 Å². The van der Waals surface area contributed by atoms with E-state index in [1.54, 1.807) is 12.1 Å². The number of aromatic nitrogens is 5. The lowest BCUT2D eigenvalue weighted by Crippen LogP contribution is -2.12. The van der Waals surface area contributed by atoms with Crippen molar-refractivity contribution in [1.82, 2.24) is 25.4 Å². The van der Waals surface area contributed by atoms with E-state index < -0.39 is 5.56 Å². The molecule has 0 aliphatic heterocycles. The summed E-state index contributed by atoms with van der Waals surface area (Å²) in [6.45, 7) is 1.94. The van der Waals surface area contributed by atoms with Crippen molar-refractivity contribution in [1.29, 1.82) is 0 Å². The van der Waals surface area contributed by atoms with Crippen molar-refractivity contribution >= 4 is 0 Å².